The number of hydrogen-bond donors (Lipinski definition) is 3. The molecule has 0 fully saturated rings. The third kappa shape index (κ3) is 3.76. The molecule has 2 heterocycles. The molecular formula is C26H19BrN6O. The Kier molecular flexibility index (Phi) is 5.48. The number of halogens is 1. The highest BCUT2D eigenvalue weighted by Crippen LogP contribution is 2.33. The van der Waals surface area contributed by atoms with Crippen LogP contribution in [0.5, 0.6) is 0 Å². The Balaban J connectivity index is 1.53. The van der Waals surface area contributed by atoms with Crippen LogP contribution in [-0.2, 0) is 0 Å². The van der Waals surface area contributed by atoms with Crippen molar-refractivity contribution in [2.24, 2.45) is 5.10 Å². The molecule has 0 unspecified atom stereocenters. The van der Waals surface area contributed by atoms with E-state index in [0.29, 0.717) is 11.3 Å². The summed E-state index contributed by atoms with van der Waals surface area (Å²) in [5, 5.41) is 16.0. The van der Waals surface area contributed by atoms with E-state index in [2.05, 4.69) is 73.5 Å². The molecule has 0 bridgehead atoms. The number of aryl methyl sites for hydroxylation is 2. The summed E-state index contributed by atoms with van der Waals surface area (Å²) in [6, 6.07) is 19.3. The van der Waals surface area contributed by atoms with Gasteiger partial charge in [-0.05, 0) is 54.8 Å². The standard InChI is InChI=1S/C26H19BrN6O/c1-14-10-17(15(2)22-19-11-18(27)8-9-21(19)30-23(14)22)13-29-33-26-31-24(16-6-4-3-5-7-16)20(12-28)25(34)32-26/h3-11,13,30H,1-2H3,(H2,31,32,33,34). The predicted molar refractivity (Wildman–Crippen MR) is 139 cm³/mol. The summed E-state index contributed by atoms with van der Waals surface area (Å²) in [5.41, 5.74) is 8.54. The second-order valence-corrected chi connectivity index (χ2v) is 8.87. The van der Waals surface area contributed by atoms with E-state index in [4.69, 9.17) is 0 Å². The number of nitrogens with one attached hydrogen (secondary N) is 3. The number of hydrazone groups is 1. The first-order valence-electron chi connectivity index (χ1n) is 10.6. The van der Waals surface area contributed by atoms with Crippen LogP contribution in [0.2, 0.25) is 0 Å². The monoisotopic (exact) mass is 510 g/mol. The van der Waals surface area contributed by atoms with E-state index in [1.165, 1.54) is 0 Å². The van der Waals surface area contributed by atoms with Crippen LogP contribution >= 0.6 is 15.9 Å². The lowest BCUT2D eigenvalue weighted by Gasteiger charge is -2.07. The second kappa shape index (κ2) is 8.61. The van der Waals surface area contributed by atoms with Gasteiger partial charge in [0.25, 0.3) is 5.56 Å². The molecule has 0 saturated carbocycles. The van der Waals surface area contributed by atoms with Crippen molar-refractivity contribution < 1.29 is 0 Å². The smallest absolute Gasteiger partial charge is 0.270 e. The zero-order chi connectivity index (χ0) is 23.8. The maximum atomic E-state index is 12.4. The highest BCUT2D eigenvalue weighted by Gasteiger charge is 2.14. The Labute approximate surface area is 203 Å². The molecule has 0 spiro atoms. The van der Waals surface area contributed by atoms with Gasteiger partial charge in [-0.25, -0.2) is 10.4 Å². The lowest BCUT2D eigenvalue weighted by Crippen LogP contribution is -2.16. The van der Waals surface area contributed by atoms with Gasteiger partial charge in [0, 0.05) is 31.8 Å². The van der Waals surface area contributed by atoms with E-state index in [9.17, 15) is 10.1 Å². The molecule has 2 aromatic heterocycles. The minimum absolute atomic E-state index is 0.0388. The van der Waals surface area contributed by atoms with Crippen LogP contribution in [0, 0.1) is 25.2 Å². The minimum Gasteiger partial charge on any atom is -0.354 e. The number of nitrogens with zero attached hydrogens (tertiary/aromatic N) is 3. The van der Waals surface area contributed by atoms with E-state index in [0.717, 1.165) is 43.0 Å². The molecule has 0 aliphatic carbocycles. The Morgan fingerprint density at radius 1 is 1.12 bits per heavy atom. The molecule has 0 amide bonds. The molecule has 0 aliphatic heterocycles. The summed E-state index contributed by atoms with van der Waals surface area (Å²) in [6.07, 6.45) is 1.71. The molecule has 5 aromatic rings. The normalized spacial score (nSPS) is 11.4. The molecule has 0 radical (unpaired) electrons. The van der Waals surface area contributed by atoms with E-state index in [-0.39, 0.29) is 11.5 Å². The van der Waals surface area contributed by atoms with E-state index in [1.807, 2.05) is 30.3 Å². The average molecular weight is 511 g/mol. The highest BCUT2D eigenvalue weighted by atomic mass is 79.9. The third-order valence-corrected chi connectivity index (χ3v) is 6.28. The summed E-state index contributed by atoms with van der Waals surface area (Å²) in [6.45, 7) is 4.12. The molecule has 3 N–H and O–H groups in total. The topological polar surface area (TPSA) is 110 Å². The fourth-order valence-corrected chi connectivity index (χ4v) is 4.50. The summed E-state index contributed by atoms with van der Waals surface area (Å²) >= 11 is 3.56. The number of aromatic amines is 2. The van der Waals surface area contributed by atoms with Crippen molar-refractivity contribution in [1.29, 1.82) is 5.26 Å². The van der Waals surface area contributed by atoms with E-state index >= 15 is 0 Å². The van der Waals surface area contributed by atoms with Crippen molar-refractivity contribution in [3.63, 3.8) is 0 Å². The van der Waals surface area contributed by atoms with Gasteiger partial charge in [0.2, 0.25) is 5.95 Å². The van der Waals surface area contributed by atoms with Gasteiger partial charge in [-0.15, -0.1) is 0 Å². The Hall–Kier alpha value is -4.22. The quantitative estimate of drug-likeness (QED) is 0.210. The molecular weight excluding hydrogens is 492 g/mol. The van der Waals surface area contributed by atoms with Gasteiger partial charge in [-0.1, -0.05) is 46.3 Å². The van der Waals surface area contributed by atoms with Gasteiger partial charge in [-0.3, -0.25) is 9.78 Å². The lowest BCUT2D eigenvalue weighted by atomic mass is 9.99. The fraction of sp³-hybridized carbons (Fsp3) is 0.0769. The first-order valence-corrected chi connectivity index (χ1v) is 11.4. The van der Waals surface area contributed by atoms with Gasteiger partial charge < -0.3 is 4.98 Å². The zero-order valence-electron chi connectivity index (χ0n) is 18.4. The number of nitriles is 1. The van der Waals surface area contributed by atoms with Gasteiger partial charge in [0.15, 0.2) is 0 Å². The maximum absolute atomic E-state index is 12.4. The van der Waals surface area contributed by atoms with Crippen molar-refractivity contribution in [1.82, 2.24) is 15.0 Å². The highest BCUT2D eigenvalue weighted by molar-refractivity contribution is 9.10. The third-order valence-electron chi connectivity index (χ3n) is 5.79. The average Bonchev–Trinajstić information content (AvgIpc) is 3.22. The minimum atomic E-state index is -0.521. The first kappa shape index (κ1) is 21.6. The molecule has 34 heavy (non-hydrogen) atoms. The summed E-state index contributed by atoms with van der Waals surface area (Å²) in [7, 11) is 0. The van der Waals surface area contributed by atoms with Crippen molar-refractivity contribution in [2.75, 3.05) is 5.43 Å². The molecule has 3 aromatic carbocycles. The summed E-state index contributed by atoms with van der Waals surface area (Å²) < 4.78 is 1.02. The summed E-state index contributed by atoms with van der Waals surface area (Å²) in [5.74, 6) is 0.158. The number of anilines is 1. The van der Waals surface area contributed by atoms with Crippen molar-refractivity contribution in [3.05, 3.63) is 91.7 Å². The van der Waals surface area contributed by atoms with Crippen molar-refractivity contribution in [2.45, 2.75) is 13.8 Å². The maximum Gasteiger partial charge on any atom is 0.270 e. The Morgan fingerprint density at radius 3 is 2.68 bits per heavy atom. The van der Waals surface area contributed by atoms with Gasteiger partial charge in [-0.2, -0.15) is 10.4 Å². The van der Waals surface area contributed by atoms with Gasteiger partial charge in [0.05, 0.1) is 11.9 Å². The number of hydrogen-bond acceptors (Lipinski definition) is 5. The van der Waals surface area contributed by atoms with Crippen LogP contribution in [0.3, 0.4) is 0 Å². The van der Waals surface area contributed by atoms with Gasteiger partial charge >= 0.3 is 0 Å². The molecule has 0 saturated heterocycles. The molecule has 0 aliphatic rings. The van der Waals surface area contributed by atoms with E-state index in [1.54, 1.807) is 18.3 Å². The van der Waals surface area contributed by atoms with Crippen molar-refractivity contribution in [3.8, 4) is 17.3 Å². The van der Waals surface area contributed by atoms with Crippen LogP contribution in [0.4, 0.5) is 5.95 Å². The lowest BCUT2D eigenvalue weighted by molar-refractivity contribution is 1.08. The largest absolute Gasteiger partial charge is 0.354 e. The second-order valence-electron chi connectivity index (χ2n) is 7.96. The molecule has 0 atom stereocenters. The number of rotatable bonds is 4. The van der Waals surface area contributed by atoms with Crippen LogP contribution < -0.4 is 11.0 Å². The number of aromatic nitrogens is 3. The number of H-pyrrole nitrogens is 2. The van der Waals surface area contributed by atoms with Crippen molar-refractivity contribution >= 4 is 49.9 Å². The predicted octanol–water partition coefficient (Wildman–Crippen LogP) is 5.77. The Morgan fingerprint density at radius 2 is 1.91 bits per heavy atom. The number of benzene rings is 3. The molecule has 8 heteroatoms. The van der Waals surface area contributed by atoms with Crippen LogP contribution in [0.1, 0.15) is 22.3 Å². The molecule has 7 nitrogen and oxygen atoms in total. The molecule has 5 rings (SSSR count). The van der Waals surface area contributed by atoms with Crippen LogP contribution in [-0.4, -0.2) is 21.2 Å². The first-order chi connectivity index (χ1) is 16.5. The number of fused-ring (bicyclic) bond motifs is 3. The van der Waals surface area contributed by atoms with Crippen LogP contribution in [0.25, 0.3) is 33.1 Å². The van der Waals surface area contributed by atoms with E-state index < -0.39 is 5.56 Å². The van der Waals surface area contributed by atoms with Crippen LogP contribution in [0.15, 0.2) is 69.0 Å². The fourth-order valence-electron chi connectivity index (χ4n) is 4.14. The summed E-state index contributed by atoms with van der Waals surface area (Å²) in [4.78, 5) is 23.0. The zero-order valence-corrected chi connectivity index (χ0v) is 20.0. The molecule has 166 valence electrons. The van der Waals surface area contributed by atoms with Gasteiger partial charge in [0.1, 0.15) is 11.6 Å². The SMILES string of the molecule is Cc1cc(C=NNc2nc(-c3ccccc3)c(C#N)c(=O)[nH]2)c(C)c2c1[nH]c1ccc(Br)cc12. The Bertz CT molecular complexity index is 1690.